The fourth-order valence-electron chi connectivity index (χ4n) is 3.00. The number of ether oxygens (including phenoxy) is 1. The second-order valence-corrected chi connectivity index (χ2v) is 6.74. The van der Waals surface area contributed by atoms with Gasteiger partial charge in [0.25, 0.3) is 5.91 Å². The SMILES string of the molecule is O=C(COc1ccc(CCC2C=NC=CC2)cc1)Nc1ccccc1C(F)(F)F. The van der Waals surface area contributed by atoms with Crippen LogP contribution in [0.2, 0.25) is 0 Å². The maximum atomic E-state index is 13.0. The van der Waals surface area contributed by atoms with Crippen molar-refractivity contribution < 1.29 is 22.7 Å². The van der Waals surface area contributed by atoms with Crippen LogP contribution in [0.25, 0.3) is 0 Å². The molecule has 1 amide bonds. The summed E-state index contributed by atoms with van der Waals surface area (Å²) in [5, 5.41) is 2.25. The average molecular weight is 402 g/mol. The van der Waals surface area contributed by atoms with Crippen molar-refractivity contribution in [1.82, 2.24) is 0 Å². The summed E-state index contributed by atoms with van der Waals surface area (Å²) < 4.78 is 44.3. The minimum atomic E-state index is -4.54. The van der Waals surface area contributed by atoms with Crippen LogP contribution in [0.3, 0.4) is 0 Å². The molecule has 1 heterocycles. The Morgan fingerprint density at radius 3 is 2.59 bits per heavy atom. The van der Waals surface area contributed by atoms with Gasteiger partial charge in [0.15, 0.2) is 6.61 Å². The molecule has 0 bridgehead atoms. The van der Waals surface area contributed by atoms with E-state index in [0.29, 0.717) is 11.7 Å². The molecule has 7 heteroatoms. The van der Waals surface area contributed by atoms with Gasteiger partial charge in [-0.2, -0.15) is 13.2 Å². The summed E-state index contributed by atoms with van der Waals surface area (Å²) in [5.74, 6) is 0.268. The molecule has 1 N–H and O–H groups in total. The van der Waals surface area contributed by atoms with Crippen molar-refractivity contribution in [2.24, 2.45) is 10.9 Å². The van der Waals surface area contributed by atoms with E-state index in [1.165, 1.54) is 18.2 Å². The number of para-hydroxylation sites is 1. The third-order valence-corrected chi connectivity index (χ3v) is 4.53. The summed E-state index contributed by atoms with van der Waals surface area (Å²) in [7, 11) is 0. The van der Waals surface area contributed by atoms with Gasteiger partial charge in [0.2, 0.25) is 0 Å². The fourth-order valence-corrected chi connectivity index (χ4v) is 3.00. The van der Waals surface area contributed by atoms with Crippen molar-refractivity contribution >= 4 is 17.8 Å². The lowest BCUT2D eigenvalue weighted by Gasteiger charge is -2.14. The molecule has 0 aliphatic carbocycles. The first-order valence-corrected chi connectivity index (χ1v) is 9.28. The Morgan fingerprint density at radius 2 is 1.90 bits per heavy atom. The Morgan fingerprint density at radius 1 is 1.14 bits per heavy atom. The molecule has 152 valence electrons. The van der Waals surface area contributed by atoms with E-state index in [1.807, 2.05) is 18.3 Å². The molecule has 0 saturated carbocycles. The number of nitrogens with zero attached hydrogens (tertiary/aromatic N) is 1. The Kier molecular flexibility index (Phi) is 6.69. The molecule has 1 aliphatic rings. The van der Waals surface area contributed by atoms with Crippen LogP contribution in [0, 0.1) is 5.92 Å². The molecule has 29 heavy (non-hydrogen) atoms. The van der Waals surface area contributed by atoms with Gasteiger partial charge in [-0.3, -0.25) is 9.79 Å². The van der Waals surface area contributed by atoms with Gasteiger partial charge >= 0.3 is 6.18 Å². The molecule has 0 spiro atoms. The normalized spacial score (nSPS) is 15.9. The number of aryl methyl sites for hydroxylation is 1. The van der Waals surface area contributed by atoms with E-state index < -0.39 is 17.6 Å². The Labute approximate surface area is 167 Å². The molecule has 2 aromatic rings. The number of alkyl halides is 3. The molecule has 4 nitrogen and oxygen atoms in total. The largest absolute Gasteiger partial charge is 0.484 e. The number of aliphatic imine (C=N–C) groups is 1. The number of anilines is 1. The Hall–Kier alpha value is -3.09. The molecular formula is C22H21F3N2O2. The lowest BCUT2D eigenvalue weighted by atomic mass is 9.96. The van der Waals surface area contributed by atoms with Crippen LogP contribution in [0.1, 0.15) is 24.0 Å². The van der Waals surface area contributed by atoms with Crippen LogP contribution in [0.15, 0.2) is 65.8 Å². The van der Waals surface area contributed by atoms with Gasteiger partial charge in [-0.1, -0.05) is 30.3 Å². The van der Waals surface area contributed by atoms with Crippen LogP contribution in [-0.4, -0.2) is 18.7 Å². The van der Waals surface area contributed by atoms with Crippen molar-refractivity contribution in [1.29, 1.82) is 0 Å². The number of amides is 1. The summed E-state index contributed by atoms with van der Waals surface area (Å²) in [6.45, 7) is -0.379. The molecule has 0 saturated heterocycles. The number of allylic oxidation sites excluding steroid dienone is 1. The van der Waals surface area contributed by atoms with Gasteiger partial charge in [-0.05, 0) is 55.0 Å². The minimum Gasteiger partial charge on any atom is -0.484 e. The van der Waals surface area contributed by atoms with E-state index in [0.717, 1.165) is 30.9 Å². The topological polar surface area (TPSA) is 50.7 Å². The highest BCUT2D eigenvalue weighted by molar-refractivity contribution is 5.92. The molecule has 1 aliphatic heterocycles. The van der Waals surface area contributed by atoms with Crippen LogP contribution in [0.5, 0.6) is 5.75 Å². The maximum Gasteiger partial charge on any atom is 0.418 e. The standard InChI is InChI=1S/C22H21F3N2O2/c23-22(24,25)19-5-1-2-6-20(19)27-21(28)15-29-18-11-9-16(10-12-18)7-8-17-4-3-13-26-14-17/h1-3,5-6,9-14,17H,4,7-8,15H2,(H,27,28). The van der Waals surface area contributed by atoms with Gasteiger partial charge in [0, 0.05) is 12.4 Å². The van der Waals surface area contributed by atoms with Gasteiger partial charge in [0.1, 0.15) is 5.75 Å². The summed E-state index contributed by atoms with van der Waals surface area (Å²) in [6, 6.07) is 12.2. The molecule has 3 rings (SSSR count). The zero-order valence-electron chi connectivity index (χ0n) is 15.7. The van der Waals surface area contributed by atoms with Crippen molar-refractivity contribution in [2.75, 3.05) is 11.9 Å². The third kappa shape index (κ3) is 6.20. The summed E-state index contributed by atoms with van der Waals surface area (Å²) in [6.07, 6.45) is 4.18. The predicted molar refractivity (Wildman–Crippen MR) is 106 cm³/mol. The monoisotopic (exact) mass is 402 g/mol. The molecule has 0 radical (unpaired) electrons. The third-order valence-electron chi connectivity index (χ3n) is 4.53. The number of hydrogen-bond acceptors (Lipinski definition) is 3. The van der Waals surface area contributed by atoms with Gasteiger partial charge in [-0.15, -0.1) is 0 Å². The van der Waals surface area contributed by atoms with Gasteiger partial charge in [0.05, 0.1) is 11.3 Å². The Balaban J connectivity index is 1.48. The van der Waals surface area contributed by atoms with Gasteiger partial charge in [-0.25, -0.2) is 0 Å². The molecule has 1 atom stereocenters. The lowest BCUT2D eigenvalue weighted by Crippen LogP contribution is -2.22. The Bertz CT molecular complexity index is 890. The van der Waals surface area contributed by atoms with Crippen molar-refractivity contribution in [3.8, 4) is 5.75 Å². The smallest absolute Gasteiger partial charge is 0.418 e. The zero-order valence-corrected chi connectivity index (χ0v) is 15.7. The molecule has 0 fully saturated rings. The number of nitrogens with one attached hydrogen (secondary N) is 1. The number of carbonyl (C=O) groups is 1. The number of halogens is 3. The van der Waals surface area contributed by atoms with E-state index in [9.17, 15) is 18.0 Å². The van der Waals surface area contributed by atoms with Crippen LogP contribution >= 0.6 is 0 Å². The summed E-state index contributed by atoms with van der Waals surface area (Å²) in [4.78, 5) is 16.1. The summed E-state index contributed by atoms with van der Waals surface area (Å²) >= 11 is 0. The van der Waals surface area contributed by atoms with Crippen molar-refractivity contribution in [3.05, 3.63) is 71.9 Å². The first kappa shape index (κ1) is 20.6. The van der Waals surface area contributed by atoms with Crippen molar-refractivity contribution in [2.45, 2.75) is 25.4 Å². The van der Waals surface area contributed by atoms with Gasteiger partial charge < -0.3 is 10.1 Å². The average Bonchev–Trinajstić information content (AvgIpc) is 2.72. The number of benzene rings is 2. The molecule has 2 aromatic carbocycles. The van der Waals surface area contributed by atoms with Crippen molar-refractivity contribution in [3.63, 3.8) is 0 Å². The van der Waals surface area contributed by atoms with Crippen LogP contribution in [0.4, 0.5) is 18.9 Å². The molecular weight excluding hydrogens is 381 g/mol. The lowest BCUT2D eigenvalue weighted by molar-refractivity contribution is -0.137. The zero-order chi connectivity index (χ0) is 20.7. The van der Waals surface area contributed by atoms with Crippen LogP contribution in [-0.2, 0) is 17.4 Å². The molecule has 0 aromatic heterocycles. The quantitative estimate of drug-likeness (QED) is 0.687. The predicted octanol–water partition coefficient (Wildman–Crippen LogP) is 5.26. The number of rotatable bonds is 7. The second-order valence-electron chi connectivity index (χ2n) is 6.74. The minimum absolute atomic E-state index is 0.287. The van der Waals surface area contributed by atoms with Crippen LogP contribution < -0.4 is 10.1 Å². The van der Waals surface area contributed by atoms with E-state index in [4.69, 9.17) is 4.74 Å². The second kappa shape index (κ2) is 9.41. The molecule has 1 unspecified atom stereocenters. The van der Waals surface area contributed by atoms with E-state index in [1.54, 1.807) is 18.3 Å². The highest BCUT2D eigenvalue weighted by Crippen LogP contribution is 2.34. The first-order valence-electron chi connectivity index (χ1n) is 9.28. The number of carbonyl (C=O) groups excluding carboxylic acids is 1. The number of hydrogen-bond donors (Lipinski definition) is 1. The highest BCUT2D eigenvalue weighted by Gasteiger charge is 2.33. The summed E-state index contributed by atoms with van der Waals surface area (Å²) in [5.41, 5.74) is -0.0369. The van der Waals surface area contributed by atoms with E-state index in [2.05, 4.69) is 16.4 Å². The highest BCUT2D eigenvalue weighted by atomic mass is 19.4. The van der Waals surface area contributed by atoms with E-state index >= 15 is 0 Å². The fraction of sp³-hybridized carbons (Fsp3) is 0.273. The van der Waals surface area contributed by atoms with E-state index in [-0.39, 0.29) is 12.3 Å². The maximum absolute atomic E-state index is 13.0. The first-order chi connectivity index (χ1) is 13.9.